The zero-order valence-electron chi connectivity index (χ0n) is 10.2. The summed E-state index contributed by atoms with van der Waals surface area (Å²) in [5.74, 6) is 0.334. The summed E-state index contributed by atoms with van der Waals surface area (Å²) < 4.78 is 0. The van der Waals surface area contributed by atoms with Crippen molar-refractivity contribution in [3.05, 3.63) is 35.4 Å². The maximum absolute atomic E-state index is 10.5. The van der Waals surface area contributed by atoms with Gasteiger partial charge in [0.2, 0.25) is 0 Å². The van der Waals surface area contributed by atoms with E-state index in [1.165, 1.54) is 5.56 Å². The van der Waals surface area contributed by atoms with Crippen molar-refractivity contribution in [2.45, 2.75) is 46.1 Å². The second kappa shape index (κ2) is 4.80. The molecule has 0 radical (unpaired) electrons. The van der Waals surface area contributed by atoms with Gasteiger partial charge >= 0.3 is 0 Å². The lowest BCUT2D eigenvalue weighted by atomic mass is 9.79. The van der Waals surface area contributed by atoms with Gasteiger partial charge in [-0.2, -0.15) is 0 Å². The monoisotopic (exact) mass is 206 g/mol. The van der Waals surface area contributed by atoms with E-state index in [-0.39, 0.29) is 0 Å². The maximum Gasteiger partial charge on any atom is 0.0896 e. The van der Waals surface area contributed by atoms with Gasteiger partial charge in [0, 0.05) is 0 Å². The Balaban J connectivity index is 2.98. The quantitative estimate of drug-likeness (QED) is 0.797. The highest BCUT2D eigenvalue weighted by molar-refractivity contribution is 5.26. The Morgan fingerprint density at radius 1 is 1.13 bits per heavy atom. The van der Waals surface area contributed by atoms with Crippen LogP contribution in [0.5, 0.6) is 0 Å². The highest BCUT2D eigenvalue weighted by atomic mass is 16.3. The van der Waals surface area contributed by atoms with Crippen molar-refractivity contribution < 1.29 is 5.11 Å². The summed E-state index contributed by atoms with van der Waals surface area (Å²) in [4.78, 5) is 0. The molecule has 1 aromatic rings. The third-order valence-electron chi connectivity index (χ3n) is 3.42. The van der Waals surface area contributed by atoms with Gasteiger partial charge in [-0.3, -0.25) is 0 Å². The Labute approximate surface area is 93.1 Å². The molecule has 1 unspecified atom stereocenters. The molecule has 0 saturated carbocycles. The second-order valence-corrected chi connectivity index (χ2v) is 4.53. The van der Waals surface area contributed by atoms with E-state index in [0.29, 0.717) is 5.92 Å². The lowest BCUT2D eigenvalue weighted by Gasteiger charge is -2.32. The first kappa shape index (κ1) is 12.3. The molecule has 1 nitrogen and oxygen atoms in total. The van der Waals surface area contributed by atoms with Gasteiger partial charge in [0.05, 0.1) is 5.60 Å². The van der Waals surface area contributed by atoms with Crippen LogP contribution in [-0.2, 0) is 5.60 Å². The van der Waals surface area contributed by atoms with Gasteiger partial charge in [-0.1, -0.05) is 56.5 Å². The fourth-order valence-electron chi connectivity index (χ4n) is 2.21. The van der Waals surface area contributed by atoms with Gasteiger partial charge in [0.15, 0.2) is 0 Å². The van der Waals surface area contributed by atoms with Crippen molar-refractivity contribution >= 4 is 0 Å². The fraction of sp³-hybridized carbons (Fsp3) is 0.571. The minimum atomic E-state index is -0.697. The lowest BCUT2D eigenvalue weighted by molar-refractivity contribution is -0.00950. The van der Waals surface area contributed by atoms with Crippen LogP contribution >= 0.6 is 0 Å². The number of aliphatic hydroxyl groups is 1. The Kier molecular flexibility index (Phi) is 3.92. The molecule has 1 N–H and O–H groups in total. The molecule has 0 aliphatic rings. The number of benzene rings is 1. The topological polar surface area (TPSA) is 20.2 Å². The Hall–Kier alpha value is -0.820. The molecule has 0 saturated heterocycles. The average molecular weight is 206 g/mol. The van der Waals surface area contributed by atoms with Crippen LogP contribution < -0.4 is 0 Å². The smallest absolute Gasteiger partial charge is 0.0896 e. The van der Waals surface area contributed by atoms with Gasteiger partial charge in [0.25, 0.3) is 0 Å². The fourth-order valence-corrected chi connectivity index (χ4v) is 2.21. The number of hydrogen-bond acceptors (Lipinski definition) is 1. The Morgan fingerprint density at radius 3 is 2.00 bits per heavy atom. The van der Waals surface area contributed by atoms with E-state index in [0.717, 1.165) is 18.4 Å². The number of aryl methyl sites for hydroxylation is 1. The molecular weight excluding hydrogens is 184 g/mol. The van der Waals surface area contributed by atoms with E-state index in [4.69, 9.17) is 0 Å². The first-order valence-corrected chi connectivity index (χ1v) is 5.81. The molecule has 0 fully saturated rings. The zero-order valence-corrected chi connectivity index (χ0v) is 10.2. The van der Waals surface area contributed by atoms with Crippen LogP contribution in [0.2, 0.25) is 0 Å². The molecule has 0 aromatic heterocycles. The predicted octanol–water partition coefficient (Wildman–Crippen LogP) is 3.64. The van der Waals surface area contributed by atoms with Gasteiger partial charge in [-0.25, -0.2) is 0 Å². The van der Waals surface area contributed by atoms with Crippen LogP contribution in [0.1, 0.15) is 44.7 Å². The van der Waals surface area contributed by atoms with E-state index in [9.17, 15) is 5.11 Å². The first-order chi connectivity index (χ1) is 7.02. The standard InChI is InChI=1S/C14H22O/c1-5-12(6-2)14(4,15)13-9-7-11(3)8-10-13/h7-10,12,15H,5-6H2,1-4H3. The molecule has 0 bridgehead atoms. The van der Waals surface area contributed by atoms with Gasteiger partial charge in [0.1, 0.15) is 0 Å². The predicted molar refractivity (Wildman–Crippen MR) is 64.8 cm³/mol. The molecule has 1 heteroatoms. The van der Waals surface area contributed by atoms with Crippen molar-refractivity contribution in [3.8, 4) is 0 Å². The Bertz CT molecular complexity index is 294. The summed E-state index contributed by atoms with van der Waals surface area (Å²) in [5, 5.41) is 10.5. The van der Waals surface area contributed by atoms with Crippen LogP contribution in [0.4, 0.5) is 0 Å². The summed E-state index contributed by atoms with van der Waals surface area (Å²) in [6.07, 6.45) is 2.02. The molecule has 15 heavy (non-hydrogen) atoms. The molecular formula is C14H22O. The van der Waals surface area contributed by atoms with Crippen molar-refractivity contribution in [2.75, 3.05) is 0 Å². The van der Waals surface area contributed by atoms with Gasteiger partial charge in [-0.15, -0.1) is 0 Å². The maximum atomic E-state index is 10.5. The minimum Gasteiger partial charge on any atom is -0.385 e. The third kappa shape index (κ3) is 2.60. The molecule has 0 aliphatic heterocycles. The molecule has 1 atom stereocenters. The van der Waals surface area contributed by atoms with Crippen LogP contribution in [0.25, 0.3) is 0 Å². The summed E-state index contributed by atoms with van der Waals surface area (Å²) in [5.41, 5.74) is 1.57. The van der Waals surface area contributed by atoms with Crippen LogP contribution in [0.3, 0.4) is 0 Å². The van der Waals surface area contributed by atoms with E-state index in [1.807, 2.05) is 19.1 Å². The summed E-state index contributed by atoms with van der Waals surface area (Å²) in [7, 11) is 0. The van der Waals surface area contributed by atoms with Crippen LogP contribution in [0.15, 0.2) is 24.3 Å². The Morgan fingerprint density at radius 2 is 1.60 bits per heavy atom. The minimum absolute atomic E-state index is 0.334. The molecule has 1 aromatic carbocycles. The average Bonchev–Trinajstić information content (AvgIpc) is 2.19. The van der Waals surface area contributed by atoms with Crippen molar-refractivity contribution in [2.24, 2.45) is 5.92 Å². The summed E-state index contributed by atoms with van der Waals surface area (Å²) in [6, 6.07) is 8.19. The van der Waals surface area contributed by atoms with Crippen LogP contribution in [-0.4, -0.2) is 5.11 Å². The molecule has 0 amide bonds. The van der Waals surface area contributed by atoms with Crippen molar-refractivity contribution in [3.63, 3.8) is 0 Å². The largest absolute Gasteiger partial charge is 0.385 e. The highest BCUT2D eigenvalue weighted by Crippen LogP contribution is 2.33. The third-order valence-corrected chi connectivity index (χ3v) is 3.42. The number of rotatable bonds is 4. The summed E-state index contributed by atoms with van der Waals surface area (Å²) >= 11 is 0. The highest BCUT2D eigenvalue weighted by Gasteiger charge is 2.30. The molecule has 0 aliphatic carbocycles. The van der Waals surface area contributed by atoms with Gasteiger partial charge in [-0.05, 0) is 25.3 Å². The van der Waals surface area contributed by atoms with E-state index in [2.05, 4.69) is 32.9 Å². The van der Waals surface area contributed by atoms with Crippen LogP contribution in [0, 0.1) is 12.8 Å². The van der Waals surface area contributed by atoms with Gasteiger partial charge < -0.3 is 5.11 Å². The lowest BCUT2D eigenvalue weighted by Crippen LogP contribution is -2.31. The second-order valence-electron chi connectivity index (χ2n) is 4.53. The van der Waals surface area contributed by atoms with E-state index in [1.54, 1.807) is 0 Å². The zero-order chi connectivity index (χ0) is 11.5. The normalized spacial score (nSPS) is 15.3. The molecule has 0 spiro atoms. The molecule has 1 rings (SSSR count). The molecule has 84 valence electrons. The SMILES string of the molecule is CCC(CC)C(C)(O)c1ccc(C)cc1. The number of hydrogen-bond donors (Lipinski definition) is 1. The van der Waals surface area contributed by atoms with E-state index >= 15 is 0 Å². The first-order valence-electron chi connectivity index (χ1n) is 5.81. The summed E-state index contributed by atoms with van der Waals surface area (Å²) in [6.45, 7) is 8.26. The van der Waals surface area contributed by atoms with Crippen molar-refractivity contribution in [1.29, 1.82) is 0 Å². The molecule has 0 heterocycles. The van der Waals surface area contributed by atoms with Crippen molar-refractivity contribution in [1.82, 2.24) is 0 Å². The van der Waals surface area contributed by atoms with E-state index < -0.39 is 5.60 Å².